The lowest BCUT2D eigenvalue weighted by Crippen LogP contribution is -2.48. The minimum atomic E-state index is -3.69. The largest absolute Gasteiger partial charge is 0.380 e. The van der Waals surface area contributed by atoms with Gasteiger partial charge in [0.25, 0.3) is 5.91 Å². The number of benzene rings is 3. The minimum absolute atomic E-state index is 0.149. The Balaban J connectivity index is 1.48. The van der Waals surface area contributed by atoms with Gasteiger partial charge in [0.05, 0.1) is 33.9 Å². The molecule has 8 nitrogen and oxygen atoms in total. The molecule has 0 spiro atoms. The van der Waals surface area contributed by atoms with E-state index in [4.69, 9.17) is 9.47 Å². The molecule has 0 saturated carbocycles. The fourth-order valence-corrected chi connectivity index (χ4v) is 7.58. The molecule has 2 heterocycles. The number of hydrogen-bond donors (Lipinski definition) is 0. The van der Waals surface area contributed by atoms with Crippen LogP contribution in [0.15, 0.2) is 70.6 Å². The Labute approximate surface area is 226 Å². The summed E-state index contributed by atoms with van der Waals surface area (Å²) in [6, 6.07) is 18.3. The smallest absolute Gasteiger partial charge is 0.279 e. The second kappa shape index (κ2) is 11.1. The van der Waals surface area contributed by atoms with Crippen molar-refractivity contribution in [3.8, 4) is 0 Å². The minimum Gasteiger partial charge on any atom is -0.380 e. The highest BCUT2D eigenvalue weighted by atomic mass is 32.2. The van der Waals surface area contributed by atoms with Crippen LogP contribution in [-0.4, -0.2) is 61.7 Å². The van der Waals surface area contributed by atoms with Crippen molar-refractivity contribution in [2.45, 2.75) is 44.4 Å². The van der Waals surface area contributed by atoms with Crippen LogP contribution < -0.4 is 4.80 Å². The maximum atomic E-state index is 13.2. The molecule has 0 N–H and O–H groups in total. The number of fused-ring (bicyclic) bond motifs is 3. The zero-order valence-electron chi connectivity index (χ0n) is 21.7. The van der Waals surface area contributed by atoms with E-state index < -0.39 is 15.9 Å². The van der Waals surface area contributed by atoms with E-state index in [1.807, 2.05) is 37.5 Å². The van der Waals surface area contributed by atoms with Crippen LogP contribution >= 0.6 is 11.3 Å². The van der Waals surface area contributed by atoms with Crippen LogP contribution in [0.5, 0.6) is 0 Å². The van der Waals surface area contributed by atoms with Crippen molar-refractivity contribution in [1.29, 1.82) is 0 Å². The topological polar surface area (TPSA) is 90.2 Å². The van der Waals surface area contributed by atoms with E-state index in [0.29, 0.717) is 43.2 Å². The monoisotopic (exact) mass is 553 g/mol. The number of rotatable bonds is 7. The van der Waals surface area contributed by atoms with Gasteiger partial charge in [0.15, 0.2) is 4.80 Å². The van der Waals surface area contributed by atoms with Crippen molar-refractivity contribution in [3.05, 3.63) is 71.0 Å². The van der Waals surface area contributed by atoms with E-state index in [-0.39, 0.29) is 17.1 Å². The zero-order chi connectivity index (χ0) is 26.9. The Morgan fingerprint density at radius 2 is 1.76 bits per heavy atom. The van der Waals surface area contributed by atoms with Crippen LogP contribution in [0.25, 0.3) is 21.0 Å². The van der Waals surface area contributed by atoms with Gasteiger partial charge in [-0.25, -0.2) is 8.42 Å². The summed E-state index contributed by atoms with van der Waals surface area (Å²) in [7, 11) is -3.69. The summed E-state index contributed by atoms with van der Waals surface area (Å²) in [5, 5.41) is 2.23. The first-order valence-electron chi connectivity index (χ1n) is 12.7. The number of ether oxygens (including phenoxy) is 2. The van der Waals surface area contributed by atoms with E-state index in [1.54, 1.807) is 0 Å². The van der Waals surface area contributed by atoms with E-state index >= 15 is 0 Å². The predicted octanol–water partition coefficient (Wildman–Crippen LogP) is 4.43. The third-order valence-electron chi connectivity index (χ3n) is 6.56. The van der Waals surface area contributed by atoms with Crippen LogP contribution in [-0.2, 0) is 26.0 Å². The fraction of sp³-hybridized carbons (Fsp3) is 0.357. The molecule has 1 aromatic heterocycles. The number of aromatic nitrogens is 1. The van der Waals surface area contributed by atoms with Crippen molar-refractivity contribution in [3.63, 3.8) is 0 Å². The van der Waals surface area contributed by atoms with Crippen molar-refractivity contribution in [2.24, 2.45) is 4.99 Å². The first kappa shape index (κ1) is 26.7. The molecule has 0 unspecified atom stereocenters. The lowest BCUT2D eigenvalue weighted by molar-refractivity contribution is -0.0440. The third-order valence-corrected chi connectivity index (χ3v) is 9.53. The summed E-state index contributed by atoms with van der Waals surface area (Å²) in [6.07, 6.45) is -0.359. The molecule has 1 aliphatic heterocycles. The lowest BCUT2D eigenvalue weighted by atomic mass is 10.1. The molecule has 2 atom stereocenters. The zero-order valence-corrected chi connectivity index (χ0v) is 23.3. The number of amides is 1. The predicted molar refractivity (Wildman–Crippen MR) is 149 cm³/mol. The van der Waals surface area contributed by atoms with Crippen molar-refractivity contribution >= 4 is 48.3 Å². The van der Waals surface area contributed by atoms with Crippen LogP contribution in [0.1, 0.15) is 31.1 Å². The Kier molecular flexibility index (Phi) is 7.78. The average Bonchev–Trinajstić information content (AvgIpc) is 3.25. The Morgan fingerprint density at radius 1 is 1.05 bits per heavy atom. The number of hydrogen-bond acceptors (Lipinski definition) is 6. The molecule has 3 aromatic carbocycles. The summed E-state index contributed by atoms with van der Waals surface area (Å²) < 4.78 is 42.1. The highest BCUT2D eigenvalue weighted by molar-refractivity contribution is 7.89. The molecule has 38 heavy (non-hydrogen) atoms. The molecular formula is C28H31N3O5S2. The summed E-state index contributed by atoms with van der Waals surface area (Å²) in [5.41, 5.74) is 1.32. The Morgan fingerprint density at radius 3 is 2.47 bits per heavy atom. The molecule has 0 radical (unpaired) electrons. The molecule has 0 bridgehead atoms. The second-order valence-electron chi connectivity index (χ2n) is 9.39. The SMILES string of the molecule is CCOCCn1c(=NC(=O)c2ccc(S(=O)(=O)N3C[C@@H](C)O[C@H](C)C3)cc2)sc2c3ccccc3ccc21. The lowest BCUT2D eigenvalue weighted by Gasteiger charge is -2.34. The first-order chi connectivity index (χ1) is 18.3. The van der Waals surface area contributed by atoms with Crippen LogP contribution in [0.4, 0.5) is 0 Å². The van der Waals surface area contributed by atoms with Crippen LogP contribution in [0.2, 0.25) is 0 Å². The van der Waals surface area contributed by atoms with E-state index in [1.165, 1.54) is 39.9 Å². The van der Waals surface area contributed by atoms with Gasteiger partial charge in [-0.15, -0.1) is 0 Å². The number of carbonyl (C=O) groups is 1. The molecule has 4 aromatic rings. The van der Waals surface area contributed by atoms with Gasteiger partial charge in [-0.1, -0.05) is 41.7 Å². The van der Waals surface area contributed by atoms with Gasteiger partial charge < -0.3 is 14.0 Å². The van der Waals surface area contributed by atoms with Gasteiger partial charge >= 0.3 is 0 Å². The summed E-state index contributed by atoms with van der Waals surface area (Å²) in [5.74, 6) is -0.427. The van der Waals surface area contributed by atoms with E-state index in [9.17, 15) is 13.2 Å². The number of sulfonamides is 1. The summed E-state index contributed by atoms with van der Waals surface area (Å²) >= 11 is 1.47. The summed E-state index contributed by atoms with van der Waals surface area (Å²) in [6.45, 7) is 7.93. The number of carbonyl (C=O) groups excluding carboxylic acids is 1. The molecule has 1 amide bonds. The summed E-state index contributed by atoms with van der Waals surface area (Å²) in [4.78, 5) is 18.4. The standard InChI is InChI=1S/C28H31N3O5S2/c1-4-35-16-15-31-25-14-11-21-7-5-6-8-24(21)26(25)37-28(31)29-27(32)22-9-12-23(13-10-22)38(33,34)30-17-19(2)36-20(3)18-30/h5-14,19-20H,4,15-18H2,1-3H3/t19-,20-/m1/s1. The molecule has 1 fully saturated rings. The van der Waals surface area contributed by atoms with E-state index in [0.717, 1.165) is 21.0 Å². The van der Waals surface area contributed by atoms with Crippen molar-refractivity contribution in [2.75, 3.05) is 26.3 Å². The fourth-order valence-electron chi connectivity index (χ4n) is 4.80. The van der Waals surface area contributed by atoms with Crippen molar-refractivity contribution < 1.29 is 22.7 Å². The molecule has 1 aliphatic rings. The number of morpholine rings is 1. The van der Waals surface area contributed by atoms with Crippen LogP contribution in [0, 0.1) is 0 Å². The van der Waals surface area contributed by atoms with Crippen LogP contribution in [0.3, 0.4) is 0 Å². The van der Waals surface area contributed by atoms with Gasteiger partial charge in [0.2, 0.25) is 10.0 Å². The van der Waals surface area contributed by atoms with Gasteiger partial charge in [-0.3, -0.25) is 4.79 Å². The van der Waals surface area contributed by atoms with Gasteiger partial charge in [-0.05, 0) is 56.5 Å². The van der Waals surface area contributed by atoms with Crippen molar-refractivity contribution in [1.82, 2.24) is 8.87 Å². The quantitative estimate of drug-likeness (QED) is 0.316. The number of nitrogens with zero attached hydrogens (tertiary/aromatic N) is 3. The maximum Gasteiger partial charge on any atom is 0.279 e. The molecule has 10 heteroatoms. The second-order valence-corrected chi connectivity index (χ2v) is 12.3. The Bertz CT molecular complexity index is 1630. The molecule has 0 aliphatic carbocycles. The first-order valence-corrected chi connectivity index (χ1v) is 15.0. The molecule has 200 valence electrons. The average molecular weight is 554 g/mol. The molecule has 1 saturated heterocycles. The highest BCUT2D eigenvalue weighted by Gasteiger charge is 2.32. The highest BCUT2D eigenvalue weighted by Crippen LogP contribution is 2.28. The van der Waals surface area contributed by atoms with Gasteiger partial charge in [0.1, 0.15) is 0 Å². The normalized spacial score (nSPS) is 19.4. The number of thiazole rings is 1. The van der Waals surface area contributed by atoms with Gasteiger partial charge in [-0.2, -0.15) is 9.30 Å². The third kappa shape index (κ3) is 5.32. The molecule has 5 rings (SSSR count). The molecular weight excluding hydrogens is 522 g/mol. The van der Waals surface area contributed by atoms with E-state index in [2.05, 4.69) is 29.3 Å². The maximum absolute atomic E-state index is 13.2. The Hall–Kier alpha value is -2.89. The van der Waals surface area contributed by atoms with Gasteiger partial charge in [0, 0.05) is 37.2 Å².